The number of aliphatic hydroxyl groups is 1. The summed E-state index contributed by atoms with van der Waals surface area (Å²) < 4.78 is 1.88. The molecular weight excluding hydrogens is 266 g/mol. The van der Waals surface area contributed by atoms with Gasteiger partial charge in [0, 0.05) is 12.5 Å². The third kappa shape index (κ3) is 2.78. The van der Waals surface area contributed by atoms with Crippen LogP contribution >= 0.6 is 0 Å². The Bertz CT molecular complexity index is 637. The molecular formula is C16H21N3O2. The fraction of sp³-hybridized carbons (Fsp3) is 0.500. The third-order valence-electron chi connectivity index (χ3n) is 4.44. The Morgan fingerprint density at radius 2 is 2.29 bits per heavy atom. The summed E-state index contributed by atoms with van der Waals surface area (Å²) >= 11 is 0. The van der Waals surface area contributed by atoms with Crippen LogP contribution in [0, 0.1) is 5.92 Å². The minimum Gasteiger partial charge on any atom is -0.393 e. The van der Waals surface area contributed by atoms with Crippen molar-refractivity contribution in [1.29, 1.82) is 0 Å². The second-order valence-corrected chi connectivity index (χ2v) is 5.82. The van der Waals surface area contributed by atoms with Gasteiger partial charge in [-0.1, -0.05) is 18.6 Å². The van der Waals surface area contributed by atoms with E-state index >= 15 is 0 Å². The molecule has 112 valence electrons. The van der Waals surface area contributed by atoms with Crippen LogP contribution < -0.4 is 5.32 Å². The highest BCUT2D eigenvalue weighted by atomic mass is 16.3. The monoisotopic (exact) mass is 287 g/mol. The first kappa shape index (κ1) is 14.1. The minimum absolute atomic E-state index is 0.0303. The number of hydrogen-bond donors (Lipinski definition) is 2. The number of benzene rings is 1. The summed E-state index contributed by atoms with van der Waals surface area (Å²) in [5.74, 6) is 0.165. The van der Waals surface area contributed by atoms with Gasteiger partial charge in [-0.3, -0.25) is 4.79 Å². The van der Waals surface area contributed by atoms with Gasteiger partial charge in [0.05, 0.1) is 23.5 Å². The molecule has 3 rings (SSSR count). The molecule has 0 saturated heterocycles. The van der Waals surface area contributed by atoms with Crippen LogP contribution in [0.15, 0.2) is 30.6 Å². The van der Waals surface area contributed by atoms with Crippen LogP contribution in [0.4, 0.5) is 0 Å². The highest BCUT2D eigenvalue weighted by Gasteiger charge is 2.26. The van der Waals surface area contributed by atoms with Gasteiger partial charge in [-0.2, -0.15) is 0 Å². The number of aliphatic hydroxyl groups excluding tert-OH is 1. The largest absolute Gasteiger partial charge is 0.393 e. The Kier molecular flexibility index (Phi) is 3.92. The van der Waals surface area contributed by atoms with Crippen LogP contribution in [0.3, 0.4) is 0 Å². The number of rotatable bonds is 4. The van der Waals surface area contributed by atoms with E-state index in [9.17, 15) is 9.90 Å². The van der Waals surface area contributed by atoms with Crippen molar-refractivity contribution >= 4 is 16.9 Å². The topological polar surface area (TPSA) is 67.2 Å². The van der Waals surface area contributed by atoms with Crippen LogP contribution in [-0.2, 0) is 4.79 Å². The van der Waals surface area contributed by atoms with E-state index in [0.717, 1.165) is 30.3 Å². The molecule has 1 amide bonds. The Labute approximate surface area is 124 Å². The average molecular weight is 287 g/mol. The maximum absolute atomic E-state index is 12.3. The average Bonchev–Trinajstić information content (AvgIpc) is 3.10. The van der Waals surface area contributed by atoms with Gasteiger partial charge in [-0.25, -0.2) is 4.98 Å². The summed E-state index contributed by atoms with van der Waals surface area (Å²) in [5, 5.41) is 12.8. The number of hydrogen-bond acceptors (Lipinski definition) is 3. The van der Waals surface area contributed by atoms with Crippen LogP contribution in [0.25, 0.3) is 11.0 Å². The first-order valence-electron chi connectivity index (χ1n) is 7.54. The quantitative estimate of drug-likeness (QED) is 0.902. The SMILES string of the molecule is CC(C(=O)NCC1CCCC1O)n1cnc2ccccc21. The molecule has 21 heavy (non-hydrogen) atoms. The first-order chi connectivity index (χ1) is 10.2. The van der Waals surface area contributed by atoms with Gasteiger partial charge in [0.1, 0.15) is 6.04 Å². The third-order valence-corrected chi connectivity index (χ3v) is 4.44. The highest BCUT2D eigenvalue weighted by molar-refractivity contribution is 5.83. The molecule has 1 aromatic carbocycles. The number of amides is 1. The molecule has 1 aliphatic rings. The Balaban J connectivity index is 1.67. The van der Waals surface area contributed by atoms with Gasteiger partial charge in [0.25, 0.3) is 0 Å². The van der Waals surface area contributed by atoms with Gasteiger partial charge >= 0.3 is 0 Å². The number of carbonyl (C=O) groups excluding carboxylic acids is 1. The lowest BCUT2D eigenvalue weighted by molar-refractivity contribution is -0.124. The zero-order valence-electron chi connectivity index (χ0n) is 12.2. The van der Waals surface area contributed by atoms with Crippen molar-refractivity contribution < 1.29 is 9.90 Å². The molecule has 1 aromatic heterocycles. The van der Waals surface area contributed by atoms with E-state index in [1.54, 1.807) is 6.33 Å². The minimum atomic E-state index is -0.309. The molecule has 1 aliphatic carbocycles. The number of imidazole rings is 1. The van der Waals surface area contributed by atoms with E-state index in [1.807, 2.05) is 35.8 Å². The number of carbonyl (C=O) groups is 1. The molecule has 1 heterocycles. The van der Waals surface area contributed by atoms with Gasteiger partial charge in [-0.15, -0.1) is 0 Å². The van der Waals surface area contributed by atoms with Gasteiger partial charge in [-0.05, 0) is 31.9 Å². The van der Waals surface area contributed by atoms with E-state index in [0.29, 0.717) is 6.54 Å². The molecule has 0 spiro atoms. The van der Waals surface area contributed by atoms with Crippen LogP contribution in [0.2, 0.25) is 0 Å². The molecule has 1 fully saturated rings. The standard InChI is InChI=1S/C16H21N3O2/c1-11(16(21)17-9-12-5-4-8-15(12)20)19-10-18-13-6-2-3-7-14(13)19/h2-3,6-7,10-12,15,20H,4-5,8-9H2,1H3,(H,17,21). The van der Waals surface area contributed by atoms with E-state index in [4.69, 9.17) is 0 Å². The number of nitrogens with one attached hydrogen (secondary N) is 1. The first-order valence-corrected chi connectivity index (χ1v) is 7.54. The van der Waals surface area contributed by atoms with Crippen molar-refractivity contribution in [3.63, 3.8) is 0 Å². The summed E-state index contributed by atoms with van der Waals surface area (Å²) in [5.41, 5.74) is 1.85. The zero-order valence-corrected chi connectivity index (χ0v) is 12.2. The smallest absolute Gasteiger partial charge is 0.242 e. The highest BCUT2D eigenvalue weighted by Crippen LogP contribution is 2.25. The molecule has 2 N–H and O–H groups in total. The lowest BCUT2D eigenvalue weighted by Crippen LogP contribution is -2.36. The van der Waals surface area contributed by atoms with Crippen molar-refractivity contribution in [2.24, 2.45) is 5.92 Å². The molecule has 0 radical (unpaired) electrons. The predicted molar refractivity (Wildman–Crippen MR) is 80.8 cm³/mol. The number of nitrogens with zero attached hydrogens (tertiary/aromatic N) is 2. The second kappa shape index (κ2) is 5.85. The maximum atomic E-state index is 12.3. The number of aromatic nitrogens is 2. The van der Waals surface area contributed by atoms with Crippen molar-refractivity contribution in [1.82, 2.24) is 14.9 Å². The molecule has 3 unspecified atom stereocenters. The molecule has 0 aliphatic heterocycles. The summed E-state index contributed by atoms with van der Waals surface area (Å²) in [6.45, 7) is 2.42. The molecule has 0 bridgehead atoms. The van der Waals surface area contributed by atoms with E-state index in [-0.39, 0.29) is 24.0 Å². The van der Waals surface area contributed by atoms with Gasteiger partial charge < -0.3 is 15.0 Å². The van der Waals surface area contributed by atoms with E-state index in [2.05, 4.69) is 10.3 Å². The van der Waals surface area contributed by atoms with Crippen LogP contribution in [0.1, 0.15) is 32.2 Å². The zero-order chi connectivity index (χ0) is 14.8. The van der Waals surface area contributed by atoms with Crippen molar-refractivity contribution in [3.05, 3.63) is 30.6 Å². The van der Waals surface area contributed by atoms with E-state index in [1.165, 1.54) is 0 Å². The van der Waals surface area contributed by atoms with Gasteiger partial charge in [0.15, 0.2) is 0 Å². The summed E-state index contributed by atoms with van der Waals surface area (Å²) in [6.07, 6.45) is 4.32. The Morgan fingerprint density at radius 1 is 1.48 bits per heavy atom. The lowest BCUT2D eigenvalue weighted by Gasteiger charge is -2.18. The molecule has 5 nitrogen and oxygen atoms in total. The molecule has 5 heteroatoms. The van der Waals surface area contributed by atoms with Crippen molar-refractivity contribution in [2.75, 3.05) is 6.54 Å². The van der Waals surface area contributed by atoms with Crippen molar-refractivity contribution in [2.45, 2.75) is 38.3 Å². The Hall–Kier alpha value is -1.88. The normalized spacial score (nSPS) is 23.3. The van der Waals surface area contributed by atoms with Crippen molar-refractivity contribution in [3.8, 4) is 0 Å². The summed E-state index contributed by atoms with van der Waals surface area (Å²) in [4.78, 5) is 16.6. The number of para-hydroxylation sites is 2. The fourth-order valence-corrected chi connectivity index (χ4v) is 3.05. The lowest BCUT2D eigenvalue weighted by atomic mass is 10.1. The number of fused-ring (bicyclic) bond motifs is 1. The summed E-state index contributed by atoms with van der Waals surface area (Å²) in [6, 6.07) is 7.47. The van der Waals surface area contributed by atoms with E-state index < -0.39 is 0 Å². The Morgan fingerprint density at radius 3 is 3.05 bits per heavy atom. The second-order valence-electron chi connectivity index (χ2n) is 5.82. The van der Waals surface area contributed by atoms with Crippen LogP contribution in [-0.4, -0.2) is 33.2 Å². The predicted octanol–water partition coefficient (Wildman–Crippen LogP) is 1.87. The molecule has 3 atom stereocenters. The van der Waals surface area contributed by atoms with Gasteiger partial charge in [0.2, 0.25) is 5.91 Å². The fourth-order valence-electron chi connectivity index (χ4n) is 3.05. The van der Waals surface area contributed by atoms with Crippen LogP contribution in [0.5, 0.6) is 0 Å². The molecule has 1 saturated carbocycles. The maximum Gasteiger partial charge on any atom is 0.242 e. The summed E-state index contributed by atoms with van der Waals surface area (Å²) in [7, 11) is 0. The molecule has 2 aromatic rings.